The second-order valence-corrected chi connectivity index (χ2v) is 9.38. The van der Waals surface area contributed by atoms with Crippen LogP contribution < -0.4 is 9.62 Å². The zero-order chi connectivity index (χ0) is 21.9. The Morgan fingerprint density at radius 3 is 2.50 bits per heavy atom. The molecule has 1 aliphatic heterocycles. The van der Waals surface area contributed by atoms with Crippen molar-refractivity contribution < 1.29 is 22.8 Å². The molecule has 30 heavy (non-hydrogen) atoms. The van der Waals surface area contributed by atoms with Crippen LogP contribution in [0.5, 0.6) is 0 Å². The van der Waals surface area contributed by atoms with E-state index in [1.54, 1.807) is 19.2 Å². The summed E-state index contributed by atoms with van der Waals surface area (Å²) in [5, 5.41) is 2.19. The number of amides is 1. The van der Waals surface area contributed by atoms with Crippen LogP contribution in [0.4, 0.5) is 5.00 Å². The molecule has 162 valence electrons. The number of hydroxylamine groups is 2. The maximum absolute atomic E-state index is 13.0. The first-order chi connectivity index (χ1) is 14.3. The Morgan fingerprint density at radius 1 is 1.30 bits per heavy atom. The summed E-state index contributed by atoms with van der Waals surface area (Å²) >= 11 is 1.41. The quantitative estimate of drug-likeness (QED) is 0.651. The molecule has 2 aromatic rings. The Kier molecular flexibility index (Phi) is 6.81. The van der Waals surface area contributed by atoms with Gasteiger partial charge in [0.15, 0.2) is 0 Å². The van der Waals surface area contributed by atoms with Gasteiger partial charge in [-0.05, 0) is 30.2 Å². The third-order valence-electron chi connectivity index (χ3n) is 4.87. The van der Waals surface area contributed by atoms with Crippen molar-refractivity contribution in [2.45, 2.75) is 11.8 Å². The molecule has 1 amide bonds. The lowest BCUT2D eigenvalue weighted by atomic mass is 10.0. The molecule has 0 unspecified atom stereocenters. The third-order valence-corrected chi connectivity index (χ3v) is 7.58. The molecule has 0 bridgehead atoms. The van der Waals surface area contributed by atoms with Gasteiger partial charge in [-0.1, -0.05) is 18.7 Å². The number of carbonyl (C=O) groups is 1. The highest BCUT2D eigenvalue weighted by Crippen LogP contribution is 2.42. The molecular weight excluding hydrogens is 426 g/mol. The van der Waals surface area contributed by atoms with Crippen molar-refractivity contribution in [2.75, 3.05) is 45.4 Å². The number of carbonyl (C=O) groups excluding carboxylic acids is 1. The van der Waals surface area contributed by atoms with E-state index in [1.807, 2.05) is 6.92 Å². The summed E-state index contributed by atoms with van der Waals surface area (Å²) in [5.41, 5.74) is 2.50. The SMILES string of the molecule is C=CNS(=O)(=O)c1ccc(-c2c(C(=O)N(C)OC)sc(N3CCOCC3)c2C)cc1. The van der Waals surface area contributed by atoms with Crippen molar-refractivity contribution in [3.05, 3.63) is 47.5 Å². The summed E-state index contributed by atoms with van der Waals surface area (Å²) in [6.45, 7) is 8.14. The predicted octanol–water partition coefficient (Wildman–Crippen LogP) is 2.62. The van der Waals surface area contributed by atoms with Gasteiger partial charge >= 0.3 is 0 Å². The summed E-state index contributed by atoms with van der Waals surface area (Å²) in [4.78, 5) is 21.0. The number of nitrogens with one attached hydrogen (secondary N) is 1. The second-order valence-electron chi connectivity index (χ2n) is 6.67. The summed E-state index contributed by atoms with van der Waals surface area (Å²) in [6, 6.07) is 6.45. The smallest absolute Gasteiger partial charge is 0.287 e. The molecule has 1 aliphatic rings. The maximum Gasteiger partial charge on any atom is 0.287 e. The number of nitrogens with zero attached hydrogens (tertiary/aromatic N) is 2. The van der Waals surface area contributed by atoms with Crippen molar-refractivity contribution in [3.63, 3.8) is 0 Å². The molecule has 8 nitrogen and oxygen atoms in total. The van der Waals surface area contributed by atoms with Gasteiger partial charge in [-0.3, -0.25) is 14.4 Å². The van der Waals surface area contributed by atoms with Crippen molar-refractivity contribution in [1.29, 1.82) is 0 Å². The number of benzene rings is 1. The van der Waals surface area contributed by atoms with Gasteiger partial charge in [0, 0.05) is 31.9 Å². The standard InChI is InChI=1S/C20H25N3O5S2/c1-5-21-30(25,26)16-8-6-15(7-9-16)17-14(2)20(23-10-12-28-13-11-23)29-18(17)19(24)22(3)27-4/h5-9,21H,1,10-13H2,2-4H3. The molecule has 0 radical (unpaired) electrons. The van der Waals surface area contributed by atoms with Gasteiger partial charge in [0.2, 0.25) is 0 Å². The fourth-order valence-electron chi connectivity index (χ4n) is 3.27. The minimum atomic E-state index is -3.66. The van der Waals surface area contributed by atoms with Gasteiger partial charge in [0.1, 0.15) is 4.88 Å². The molecule has 10 heteroatoms. The molecule has 1 saturated heterocycles. The van der Waals surface area contributed by atoms with Gasteiger partial charge in [0.05, 0.1) is 30.2 Å². The highest BCUT2D eigenvalue weighted by atomic mass is 32.2. The van der Waals surface area contributed by atoms with Crippen LogP contribution in [0.15, 0.2) is 41.9 Å². The van der Waals surface area contributed by atoms with Crippen LogP contribution in [-0.2, 0) is 19.6 Å². The number of rotatable bonds is 7. The molecule has 1 aromatic carbocycles. The molecule has 2 heterocycles. The van der Waals surface area contributed by atoms with Crippen LogP contribution in [0, 0.1) is 6.92 Å². The second kappa shape index (κ2) is 9.17. The minimum absolute atomic E-state index is 0.120. The lowest BCUT2D eigenvalue weighted by Gasteiger charge is -2.28. The Morgan fingerprint density at radius 2 is 1.93 bits per heavy atom. The van der Waals surface area contributed by atoms with E-state index in [-0.39, 0.29) is 10.8 Å². The van der Waals surface area contributed by atoms with Crippen molar-refractivity contribution >= 4 is 32.3 Å². The average Bonchev–Trinajstić information content (AvgIpc) is 3.10. The van der Waals surface area contributed by atoms with E-state index >= 15 is 0 Å². The lowest BCUT2D eigenvalue weighted by molar-refractivity contribution is -0.0753. The molecule has 0 spiro atoms. The van der Waals surface area contributed by atoms with Crippen LogP contribution in [0.3, 0.4) is 0 Å². The van der Waals surface area contributed by atoms with Crippen molar-refractivity contribution in [1.82, 2.24) is 9.79 Å². The maximum atomic E-state index is 13.0. The first-order valence-electron chi connectivity index (χ1n) is 9.32. The number of ether oxygens (including phenoxy) is 1. The largest absolute Gasteiger partial charge is 0.378 e. The molecule has 1 aromatic heterocycles. The topological polar surface area (TPSA) is 88.2 Å². The Balaban J connectivity index is 2.09. The van der Waals surface area contributed by atoms with Crippen molar-refractivity contribution in [2.24, 2.45) is 0 Å². The zero-order valence-electron chi connectivity index (χ0n) is 17.2. The van der Waals surface area contributed by atoms with Gasteiger partial charge in [-0.15, -0.1) is 11.3 Å². The fourth-order valence-corrected chi connectivity index (χ4v) is 5.47. The molecular formula is C20H25N3O5S2. The minimum Gasteiger partial charge on any atom is -0.378 e. The van der Waals surface area contributed by atoms with E-state index in [0.29, 0.717) is 18.1 Å². The highest BCUT2D eigenvalue weighted by molar-refractivity contribution is 7.89. The summed E-state index contributed by atoms with van der Waals surface area (Å²) in [7, 11) is -0.659. The van der Waals surface area contributed by atoms with Gasteiger partial charge in [-0.2, -0.15) is 0 Å². The first-order valence-corrected chi connectivity index (χ1v) is 11.6. The van der Waals surface area contributed by atoms with E-state index in [0.717, 1.165) is 41.0 Å². The van der Waals surface area contributed by atoms with Crippen LogP contribution in [0.1, 0.15) is 15.2 Å². The first kappa shape index (κ1) is 22.3. The van der Waals surface area contributed by atoms with Crippen LogP contribution in [0.25, 0.3) is 11.1 Å². The predicted molar refractivity (Wildman–Crippen MR) is 117 cm³/mol. The van der Waals surface area contributed by atoms with Gasteiger partial charge in [0.25, 0.3) is 15.9 Å². The number of anilines is 1. The number of hydrogen-bond donors (Lipinski definition) is 1. The van der Waals surface area contributed by atoms with E-state index < -0.39 is 10.0 Å². The number of hydrogen-bond acceptors (Lipinski definition) is 7. The molecule has 0 atom stereocenters. The molecule has 3 rings (SSSR count). The molecule has 0 aliphatic carbocycles. The lowest BCUT2D eigenvalue weighted by Crippen LogP contribution is -2.36. The van der Waals surface area contributed by atoms with Crippen LogP contribution in [-0.4, -0.2) is 59.8 Å². The highest BCUT2D eigenvalue weighted by Gasteiger charge is 2.27. The third kappa shape index (κ3) is 4.36. The van der Waals surface area contributed by atoms with Gasteiger partial charge in [-0.25, -0.2) is 13.5 Å². The zero-order valence-corrected chi connectivity index (χ0v) is 18.8. The van der Waals surface area contributed by atoms with E-state index in [4.69, 9.17) is 9.57 Å². The Bertz CT molecular complexity index is 1030. The summed E-state index contributed by atoms with van der Waals surface area (Å²) in [5.74, 6) is -0.259. The van der Waals surface area contributed by atoms with Crippen molar-refractivity contribution in [3.8, 4) is 11.1 Å². The van der Waals surface area contributed by atoms with Crippen LogP contribution in [0.2, 0.25) is 0 Å². The normalized spacial score (nSPS) is 14.4. The number of thiophene rings is 1. The molecule has 1 N–H and O–H groups in total. The van der Waals surface area contributed by atoms with E-state index in [1.165, 1.54) is 35.6 Å². The van der Waals surface area contributed by atoms with E-state index in [2.05, 4.69) is 16.2 Å². The number of morpholine rings is 1. The van der Waals surface area contributed by atoms with E-state index in [9.17, 15) is 13.2 Å². The Labute approximate surface area is 180 Å². The summed E-state index contributed by atoms with van der Waals surface area (Å²) in [6.07, 6.45) is 1.12. The molecule has 1 fully saturated rings. The summed E-state index contributed by atoms with van der Waals surface area (Å²) < 4.78 is 32.1. The van der Waals surface area contributed by atoms with Crippen LogP contribution >= 0.6 is 11.3 Å². The molecule has 0 saturated carbocycles. The Hall–Kier alpha value is -2.40. The fraction of sp³-hybridized carbons (Fsp3) is 0.350. The van der Waals surface area contributed by atoms with Gasteiger partial charge < -0.3 is 9.64 Å². The average molecular weight is 452 g/mol. The monoisotopic (exact) mass is 451 g/mol. The number of sulfonamides is 1.